The summed E-state index contributed by atoms with van der Waals surface area (Å²) >= 11 is 5.99. The fourth-order valence-corrected chi connectivity index (χ4v) is 3.58. The average Bonchev–Trinajstić information content (AvgIpc) is 3.43. The number of primary amides is 1. The predicted octanol–water partition coefficient (Wildman–Crippen LogP) is 5.10. The van der Waals surface area contributed by atoms with Crippen LogP contribution in [0.5, 0.6) is 11.5 Å². The lowest BCUT2D eigenvalue weighted by molar-refractivity contribution is 0.100. The van der Waals surface area contributed by atoms with Crippen LogP contribution in [0.3, 0.4) is 0 Å². The maximum atomic E-state index is 14.7. The van der Waals surface area contributed by atoms with Gasteiger partial charge in [0.1, 0.15) is 34.5 Å². The van der Waals surface area contributed by atoms with E-state index < -0.39 is 17.5 Å². The second-order valence-electron chi connectivity index (χ2n) is 6.95. The van der Waals surface area contributed by atoms with Gasteiger partial charge in [0.25, 0.3) is 5.91 Å². The number of fused-ring (bicyclic) bond motifs is 1. The number of amides is 1. The van der Waals surface area contributed by atoms with E-state index in [0.29, 0.717) is 11.3 Å². The van der Waals surface area contributed by atoms with Crippen LogP contribution in [0.2, 0.25) is 5.02 Å². The topological polar surface area (TPSA) is 120 Å². The fourth-order valence-electron chi connectivity index (χ4n) is 3.38. The van der Waals surface area contributed by atoms with Gasteiger partial charge in [0.05, 0.1) is 16.1 Å². The van der Waals surface area contributed by atoms with E-state index in [-0.39, 0.29) is 44.5 Å². The largest absolute Gasteiger partial charge is 0.456 e. The molecule has 5 rings (SSSR count). The molecule has 0 aliphatic heterocycles. The molecule has 0 fully saturated rings. The highest BCUT2D eigenvalue weighted by Gasteiger charge is 2.23. The highest BCUT2D eigenvalue weighted by molar-refractivity contribution is 6.32. The summed E-state index contributed by atoms with van der Waals surface area (Å²) in [5.41, 5.74) is 6.41. The number of benzene rings is 3. The van der Waals surface area contributed by atoms with Gasteiger partial charge in [0, 0.05) is 10.9 Å². The Kier molecular flexibility index (Phi) is 4.98. The molecule has 1 amide bonds. The van der Waals surface area contributed by atoms with Crippen LogP contribution in [0.4, 0.5) is 8.78 Å². The third kappa shape index (κ3) is 3.76. The molecular formula is C22H12ClF2N5O3. The Balaban J connectivity index is 1.54. The van der Waals surface area contributed by atoms with Crippen LogP contribution in [0.1, 0.15) is 10.4 Å². The van der Waals surface area contributed by atoms with Crippen molar-refractivity contribution in [2.24, 2.45) is 5.73 Å². The lowest BCUT2D eigenvalue weighted by atomic mass is 10.0. The number of tetrazole rings is 1. The fraction of sp³-hybridized carbons (Fsp3) is 0. The van der Waals surface area contributed by atoms with Crippen molar-refractivity contribution in [2.45, 2.75) is 0 Å². The third-order valence-electron chi connectivity index (χ3n) is 4.86. The minimum absolute atomic E-state index is 0.0291. The molecule has 3 N–H and O–H groups in total. The zero-order valence-corrected chi connectivity index (χ0v) is 17.2. The number of carbonyl (C=O) groups excluding carboxylic acids is 1. The second-order valence-corrected chi connectivity index (χ2v) is 7.36. The first-order valence-corrected chi connectivity index (χ1v) is 9.82. The second kappa shape index (κ2) is 7.99. The summed E-state index contributed by atoms with van der Waals surface area (Å²) in [6.45, 7) is 0. The lowest BCUT2D eigenvalue weighted by Crippen LogP contribution is -2.11. The normalized spacial score (nSPS) is 11.1. The van der Waals surface area contributed by atoms with Crippen molar-refractivity contribution < 1.29 is 22.7 Å². The standard InChI is InChI=1S/C22H12ClF2N5O3/c23-15-7-11(24)3-6-17(15)32-12-4-1-10(2-5-12)20-19(21(26)31)14-8-16(25)13(9-18(14)33-20)22-27-29-30-28-22/h1-9H,(H2,26,31)(H,27,28,29,30). The molecule has 8 nitrogen and oxygen atoms in total. The van der Waals surface area contributed by atoms with Crippen molar-refractivity contribution in [3.05, 3.63) is 76.8 Å². The molecule has 0 aliphatic rings. The smallest absolute Gasteiger partial charge is 0.253 e. The highest BCUT2D eigenvalue weighted by atomic mass is 35.5. The summed E-state index contributed by atoms with van der Waals surface area (Å²) in [6, 6.07) is 12.8. The summed E-state index contributed by atoms with van der Waals surface area (Å²) in [6.07, 6.45) is 0. The van der Waals surface area contributed by atoms with E-state index >= 15 is 0 Å². The average molecular weight is 468 g/mol. The summed E-state index contributed by atoms with van der Waals surface area (Å²) in [5.74, 6) is -0.963. The molecule has 0 radical (unpaired) electrons. The Morgan fingerprint density at radius 2 is 1.88 bits per heavy atom. The zero-order chi connectivity index (χ0) is 23.1. The molecule has 0 saturated heterocycles. The minimum Gasteiger partial charge on any atom is -0.456 e. The molecule has 2 aromatic heterocycles. The molecule has 0 spiro atoms. The number of rotatable bonds is 5. The van der Waals surface area contributed by atoms with E-state index in [9.17, 15) is 13.6 Å². The van der Waals surface area contributed by atoms with E-state index in [1.807, 2.05) is 0 Å². The minimum atomic E-state index is -0.782. The molecule has 2 heterocycles. The molecule has 0 aliphatic carbocycles. The molecule has 0 atom stereocenters. The van der Waals surface area contributed by atoms with Crippen molar-refractivity contribution >= 4 is 28.5 Å². The third-order valence-corrected chi connectivity index (χ3v) is 5.16. The van der Waals surface area contributed by atoms with E-state index in [4.69, 9.17) is 26.5 Å². The summed E-state index contributed by atoms with van der Waals surface area (Å²) in [5, 5.41) is 13.4. The number of nitrogens with one attached hydrogen (secondary N) is 1. The number of hydrogen-bond donors (Lipinski definition) is 2. The van der Waals surface area contributed by atoms with Gasteiger partial charge in [0.15, 0.2) is 5.82 Å². The number of aromatic amines is 1. The number of ether oxygens (including phenoxy) is 1. The Labute approximate surface area is 188 Å². The van der Waals surface area contributed by atoms with Crippen LogP contribution >= 0.6 is 11.6 Å². The van der Waals surface area contributed by atoms with Gasteiger partial charge >= 0.3 is 0 Å². The molecule has 0 bridgehead atoms. The number of H-pyrrole nitrogens is 1. The highest BCUT2D eigenvalue weighted by Crippen LogP contribution is 2.37. The number of carbonyl (C=O) groups is 1. The van der Waals surface area contributed by atoms with Crippen LogP contribution in [0.25, 0.3) is 33.7 Å². The van der Waals surface area contributed by atoms with E-state index in [0.717, 1.165) is 12.1 Å². The summed E-state index contributed by atoms with van der Waals surface area (Å²) in [7, 11) is 0. The maximum absolute atomic E-state index is 14.7. The zero-order valence-electron chi connectivity index (χ0n) is 16.5. The van der Waals surface area contributed by atoms with Crippen LogP contribution < -0.4 is 10.5 Å². The van der Waals surface area contributed by atoms with Gasteiger partial charge in [-0.15, -0.1) is 5.10 Å². The summed E-state index contributed by atoms with van der Waals surface area (Å²) in [4.78, 5) is 12.2. The van der Waals surface area contributed by atoms with Crippen LogP contribution in [0.15, 0.2) is 59.0 Å². The first-order chi connectivity index (χ1) is 15.9. The molecule has 0 saturated carbocycles. The number of hydrogen-bond acceptors (Lipinski definition) is 6. The SMILES string of the molecule is NC(=O)c1c(-c2ccc(Oc3ccc(F)cc3Cl)cc2)oc2cc(-c3nnn[nH]3)c(F)cc12. The van der Waals surface area contributed by atoms with Crippen LogP contribution in [-0.4, -0.2) is 26.5 Å². The number of aromatic nitrogens is 4. The lowest BCUT2D eigenvalue weighted by Gasteiger charge is -2.08. The first-order valence-electron chi connectivity index (χ1n) is 9.44. The van der Waals surface area contributed by atoms with Crippen molar-refractivity contribution in [1.82, 2.24) is 20.6 Å². The molecular weight excluding hydrogens is 456 g/mol. The molecule has 5 aromatic rings. The number of nitrogens with two attached hydrogens (primary N) is 1. The molecule has 11 heteroatoms. The Hall–Kier alpha value is -4.31. The monoisotopic (exact) mass is 467 g/mol. The molecule has 3 aromatic carbocycles. The Morgan fingerprint density at radius 1 is 1.09 bits per heavy atom. The van der Waals surface area contributed by atoms with Gasteiger partial charge in [-0.1, -0.05) is 11.6 Å². The van der Waals surface area contributed by atoms with Gasteiger partial charge in [-0.2, -0.15) is 0 Å². The van der Waals surface area contributed by atoms with Gasteiger partial charge in [-0.25, -0.2) is 13.9 Å². The Bertz CT molecular complexity index is 1500. The maximum Gasteiger partial charge on any atom is 0.253 e. The number of halogens is 3. The Morgan fingerprint density at radius 3 is 2.55 bits per heavy atom. The molecule has 33 heavy (non-hydrogen) atoms. The van der Waals surface area contributed by atoms with Gasteiger partial charge in [0.2, 0.25) is 0 Å². The van der Waals surface area contributed by atoms with E-state index in [2.05, 4.69) is 20.6 Å². The quantitative estimate of drug-likeness (QED) is 0.371. The number of nitrogens with zero attached hydrogens (tertiary/aromatic N) is 3. The molecule has 0 unspecified atom stereocenters. The van der Waals surface area contributed by atoms with Crippen LogP contribution in [-0.2, 0) is 0 Å². The van der Waals surface area contributed by atoms with Crippen LogP contribution in [0, 0.1) is 11.6 Å². The van der Waals surface area contributed by atoms with Gasteiger partial charge < -0.3 is 14.9 Å². The van der Waals surface area contributed by atoms with Gasteiger partial charge in [-0.3, -0.25) is 4.79 Å². The van der Waals surface area contributed by atoms with Crippen molar-refractivity contribution in [3.63, 3.8) is 0 Å². The van der Waals surface area contributed by atoms with Gasteiger partial charge in [-0.05, 0) is 65.0 Å². The van der Waals surface area contributed by atoms with E-state index in [1.54, 1.807) is 24.3 Å². The van der Waals surface area contributed by atoms with Crippen molar-refractivity contribution in [2.75, 3.05) is 0 Å². The predicted molar refractivity (Wildman–Crippen MR) is 115 cm³/mol. The molecule has 164 valence electrons. The summed E-state index contributed by atoms with van der Waals surface area (Å²) < 4.78 is 39.5. The van der Waals surface area contributed by atoms with Crippen molar-refractivity contribution in [1.29, 1.82) is 0 Å². The number of furan rings is 1. The van der Waals surface area contributed by atoms with Crippen molar-refractivity contribution in [3.8, 4) is 34.2 Å². The first kappa shape index (κ1) is 20.6. The van der Waals surface area contributed by atoms with E-state index in [1.165, 1.54) is 18.2 Å².